The molecule has 3 aliphatic rings. The minimum atomic E-state index is -2.92. The Kier molecular flexibility index (Phi) is 8.55. The molecule has 0 unspecified atom stereocenters. The van der Waals surface area contributed by atoms with Crippen molar-refractivity contribution in [3.63, 3.8) is 0 Å². The van der Waals surface area contributed by atoms with Crippen molar-refractivity contribution in [1.82, 2.24) is 4.48 Å². The third-order valence-corrected chi connectivity index (χ3v) is 19.9. The van der Waals surface area contributed by atoms with E-state index in [0.717, 1.165) is 17.1 Å². The van der Waals surface area contributed by atoms with Crippen molar-refractivity contribution in [3.05, 3.63) is 217 Å². The second-order valence-electron chi connectivity index (χ2n) is 20.9. The highest BCUT2D eigenvalue weighted by Crippen LogP contribution is 2.50. The molecule has 0 saturated carbocycles. The molecule has 1 aromatic heterocycles. The molecule has 0 aliphatic carbocycles. The average Bonchev–Trinajstić information content (AvgIpc) is 3.68. The first-order valence-electron chi connectivity index (χ1n) is 23.9. The molecule has 0 radical (unpaired) electrons. The van der Waals surface area contributed by atoms with E-state index >= 15 is 0 Å². The summed E-state index contributed by atoms with van der Waals surface area (Å²) in [5.41, 5.74) is 17.7. The Morgan fingerprint density at radius 1 is 0.448 bits per heavy atom. The lowest BCUT2D eigenvalue weighted by atomic mass is 9.45. The summed E-state index contributed by atoms with van der Waals surface area (Å²) in [7, 11) is -2.92. The largest absolute Gasteiger partial charge is 0.375 e. The van der Waals surface area contributed by atoms with E-state index in [0.29, 0.717) is 0 Å². The Morgan fingerprint density at radius 2 is 1.01 bits per heavy atom. The number of hydrogen-bond donors (Lipinski definition) is 0. The van der Waals surface area contributed by atoms with Crippen molar-refractivity contribution < 1.29 is 0 Å². The molecule has 67 heavy (non-hydrogen) atoms. The van der Waals surface area contributed by atoms with Crippen molar-refractivity contribution in [2.75, 3.05) is 9.80 Å². The summed E-state index contributed by atoms with van der Waals surface area (Å²) in [5.74, 6) is 0. The van der Waals surface area contributed by atoms with Gasteiger partial charge in [-0.3, -0.25) is 0 Å². The molecule has 0 N–H and O–H groups in total. The van der Waals surface area contributed by atoms with Gasteiger partial charge in [0, 0.05) is 61.5 Å². The highest BCUT2D eigenvalue weighted by atomic mass is 28.3. The predicted molar refractivity (Wildman–Crippen MR) is 289 cm³/mol. The van der Waals surface area contributed by atoms with E-state index in [1.807, 2.05) is 0 Å². The lowest BCUT2D eigenvalue weighted by molar-refractivity contribution is 0.590. The zero-order valence-electron chi connectivity index (χ0n) is 39.0. The number of hydrogen-bond acceptors (Lipinski definition) is 2. The van der Waals surface area contributed by atoms with E-state index in [-0.39, 0.29) is 17.7 Å². The van der Waals surface area contributed by atoms with Gasteiger partial charge in [-0.25, -0.2) is 0 Å². The molecule has 10 aromatic rings. The van der Waals surface area contributed by atoms with Crippen LogP contribution in [0, 0.1) is 0 Å². The lowest BCUT2D eigenvalue weighted by Gasteiger charge is -2.50. The summed E-state index contributed by atoms with van der Waals surface area (Å²) in [6.45, 7) is 14.0. The molecule has 4 heterocycles. The smallest absolute Gasteiger partial charge is 0.333 e. The van der Waals surface area contributed by atoms with Crippen LogP contribution in [0.25, 0.3) is 32.9 Å². The van der Waals surface area contributed by atoms with Gasteiger partial charge >= 0.3 is 6.85 Å². The first-order chi connectivity index (χ1) is 32.5. The van der Waals surface area contributed by atoms with Crippen LogP contribution in [-0.2, 0) is 10.8 Å². The number of fused-ring (bicyclic) bond motifs is 9. The molecule has 0 bridgehead atoms. The lowest BCUT2D eigenvalue weighted by Crippen LogP contribution is -2.78. The fourth-order valence-electron chi connectivity index (χ4n) is 12.0. The van der Waals surface area contributed by atoms with Crippen LogP contribution in [0.4, 0.5) is 34.1 Å². The number of rotatable bonds is 5. The summed E-state index contributed by atoms with van der Waals surface area (Å²) in [6.07, 6.45) is 0. The van der Waals surface area contributed by atoms with Crippen molar-refractivity contribution in [2.45, 2.75) is 52.4 Å². The van der Waals surface area contributed by atoms with Crippen molar-refractivity contribution >= 4 is 103 Å². The Hall–Kier alpha value is -7.34. The minimum absolute atomic E-state index is 0.00327. The van der Waals surface area contributed by atoms with E-state index in [1.165, 1.54) is 92.8 Å². The maximum atomic E-state index is 2.75. The fraction of sp³-hybridized carbons (Fsp3) is 0.129. The van der Waals surface area contributed by atoms with Gasteiger partial charge in [0.1, 0.15) is 0 Å². The maximum Gasteiger partial charge on any atom is 0.333 e. The molecule has 0 spiro atoms. The second kappa shape index (κ2) is 14.3. The zero-order valence-corrected chi connectivity index (χ0v) is 40.0. The Labute approximate surface area is 395 Å². The average molecular weight is 878 g/mol. The van der Waals surface area contributed by atoms with Gasteiger partial charge in [-0.05, 0) is 126 Å². The molecule has 0 amide bonds. The van der Waals surface area contributed by atoms with E-state index in [4.69, 9.17) is 0 Å². The normalized spacial score (nSPS) is 14.2. The van der Waals surface area contributed by atoms with Crippen LogP contribution in [-0.4, -0.2) is 19.4 Å². The molecule has 322 valence electrons. The number of aromatic nitrogens is 1. The van der Waals surface area contributed by atoms with Crippen molar-refractivity contribution in [1.29, 1.82) is 0 Å². The number of anilines is 6. The second-order valence-corrected chi connectivity index (χ2v) is 24.7. The van der Waals surface area contributed by atoms with Crippen molar-refractivity contribution in [3.8, 4) is 11.1 Å². The molecule has 13 rings (SSSR count). The Balaban J connectivity index is 1.23. The van der Waals surface area contributed by atoms with Crippen LogP contribution in [0.5, 0.6) is 0 Å². The number of benzene rings is 9. The van der Waals surface area contributed by atoms with Crippen molar-refractivity contribution in [2.24, 2.45) is 0 Å². The van der Waals surface area contributed by atoms with Gasteiger partial charge in [0.25, 0.3) is 0 Å². The molecular formula is C62H52BN3Si. The fourth-order valence-corrected chi connectivity index (χ4v) is 17.2. The number of para-hydroxylation sites is 4. The van der Waals surface area contributed by atoms with Crippen LogP contribution < -0.4 is 41.5 Å². The van der Waals surface area contributed by atoms with Gasteiger partial charge in [0.05, 0.1) is 0 Å². The predicted octanol–water partition coefficient (Wildman–Crippen LogP) is 12.0. The third-order valence-electron chi connectivity index (χ3n) is 15.1. The maximum absolute atomic E-state index is 2.92. The summed E-state index contributed by atoms with van der Waals surface area (Å²) < 4.78 is 2.75. The SMILES string of the molecule is CC(C)(C)c1ccc2c(c1)c1cc(C(C)(C)C)cc3c1n2B1c2cccc4c2N(c2ccccc2[Si]4(c2ccccc2)c2ccccc2)c2cc(N(c4ccccc4)c4ccccc4)cc-3c21. The standard InChI is InChI=1S/C62H52BN3Si/c1-61(2,3)41-34-35-53-48(36-41)50-37-42(62(4,5)6)38-51-49-39-45(64(43-22-11-7-12-23-43)44-24-13-8-14-25-44)40-55-58(49)63(66(53)59(50)51)52-30-21-33-57-60(52)65(55)54-31-19-20-32-56(54)67(57,46-26-15-9-16-27-46)47-28-17-10-18-29-47/h7-40H,1-6H3. The van der Waals surface area contributed by atoms with Crippen LogP contribution in [0.1, 0.15) is 52.7 Å². The molecule has 0 saturated heterocycles. The highest BCUT2D eigenvalue weighted by Gasteiger charge is 2.53. The van der Waals surface area contributed by atoms with Gasteiger partial charge < -0.3 is 14.3 Å². The van der Waals surface area contributed by atoms with Gasteiger partial charge in [-0.15, -0.1) is 0 Å². The monoisotopic (exact) mass is 877 g/mol. The first-order valence-corrected chi connectivity index (χ1v) is 25.9. The molecule has 3 aliphatic heterocycles. The highest BCUT2D eigenvalue weighted by molar-refractivity contribution is 7.21. The molecule has 0 fully saturated rings. The molecule has 3 nitrogen and oxygen atoms in total. The van der Waals surface area contributed by atoms with E-state index in [9.17, 15) is 0 Å². The van der Waals surface area contributed by atoms with E-state index < -0.39 is 8.07 Å². The molecular weight excluding hydrogens is 826 g/mol. The summed E-state index contributed by atoms with van der Waals surface area (Å²) >= 11 is 0. The van der Waals surface area contributed by atoms with Gasteiger partial charge in [-0.1, -0.05) is 181 Å². The summed E-state index contributed by atoms with van der Waals surface area (Å²) in [4.78, 5) is 5.14. The van der Waals surface area contributed by atoms with Crippen LogP contribution in [0.3, 0.4) is 0 Å². The van der Waals surface area contributed by atoms with Crippen LogP contribution in [0.15, 0.2) is 206 Å². The minimum Gasteiger partial charge on any atom is -0.375 e. The zero-order chi connectivity index (χ0) is 45.4. The third kappa shape index (κ3) is 5.64. The van der Waals surface area contributed by atoms with Crippen LogP contribution in [0.2, 0.25) is 0 Å². The Bertz CT molecular complexity index is 3530. The molecule has 5 heteroatoms. The summed E-state index contributed by atoms with van der Waals surface area (Å²) in [5, 5.41) is 8.29. The van der Waals surface area contributed by atoms with E-state index in [2.05, 4.69) is 262 Å². The molecule has 9 aromatic carbocycles. The van der Waals surface area contributed by atoms with Gasteiger partial charge in [-0.2, -0.15) is 0 Å². The molecule has 0 atom stereocenters. The first kappa shape index (κ1) is 40.0. The van der Waals surface area contributed by atoms with Crippen LogP contribution >= 0.6 is 0 Å². The number of nitrogens with zero attached hydrogens (tertiary/aromatic N) is 3. The van der Waals surface area contributed by atoms with Gasteiger partial charge in [0.2, 0.25) is 0 Å². The van der Waals surface area contributed by atoms with E-state index in [1.54, 1.807) is 0 Å². The van der Waals surface area contributed by atoms with Gasteiger partial charge in [0.15, 0.2) is 8.07 Å². The quantitative estimate of drug-likeness (QED) is 0.160. The topological polar surface area (TPSA) is 11.4 Å². The Morgan fingerprint density at radius 3 is 1.64 bits per heavy atom. The summed E-state index contributed by atoms with van der Waals surface area (Å²) in [6, 6.07) is 78.8.